The number of hydrogen-bond acceptors (Lipinski definition) is 4. The van der Waals surface area contributed by atoms with Crippen LogP contribution in [0.1, 0.15) is 44.1 Å². The maximum Gasteiger partial charge on any atom is 0.222 e. The lowest BCUT2D eigenvalue weighted by atomic mass is 9.75. The molecule has 2 amide bonds. The zero-order valence-electron chi connectivity index (χ0n) is 16.9. The van der Waals surface area contributed by atoms with Gasteiger partial charge in [-0.2, -0.15) is 0 Å². The van der Waals surface area contributed by atoms with Crippen molar-refractivity contribution in [2.75, 3.05) is 33.3 Å². The van der Waals surface area contributed by atoms with Crippen molar-refractivity contribution in [2.24, 2.45) is 5.92 Å². The molecule has 3 atom stereocenters. The molecule has 1 aromatic carbocycles. The summed E-state index contributed by atoms with van der Waals surface area (Å²) in [5, 5.41) is 2.79. The van der Waals surface area contributed by atoms with Gasteiger partial charge in [-0.3, -0.25) is 14.5 Å². The lowest BCUT2D eigenvalue weighted by Gasteiger charge is -2.51. The molecular weight excluding hydrogens is 354 g/mol. The first-order valence-corrected chi connectivity index (χ1v) is 10.5. The molecule has 0 saturated carbocycles. The molecule has 4 aliphatic heterocycles. The first-order valence-electron chi connectivity index (χ1n) is 10.5. The summed E-state index contributed by atoms with van der Waals surface area (Å²) < 4.78 is 5.31. The van der Waals surface area contributed by atoms with Crippen molar-refractivity contribution in [3.05, 3.63) is 29.8 Å². The predicted molar refractivity (Wildman–Crippen MR) is 107 cm³/mol. The van der Waals surface area contributed by atoms with E-state index in [0.29, 0.717) is 43.3 Å². The van der Waals surface area contributed by atoms with Gasteiger partial charge in [0.25, 0.3) is 0 Å². The van der Waals surface area contributed by atoms with E-state index in [0.717, 1.165) is 25.4 Å². The van der Waals surface area contributed by atoms with E-state index < -0.39 is 0 Å². The average Bonchev–Trinajstić information content (AvgIpc) is 3.15. The highest BCUT2D eigenvalue weighted by atomic mass is 16.5. The van der Waals surface area contributed by atoms with Crippen molar-refractivity contribution in [2.45, 2.75) is 50.6 Å². The Labute approximate surface area is 167 Å². The van der Waals surface area contributed by atoms with E-state index in [9.17, 15) is 9.59 Å². The van der Waals surface area contributed by atoms with E-state index >= 15 is 0 Å². The number of fused-ring (bicyclic) bond motifs is 2. The molecule has 4 saturated heterocycles. The second-order valence-electron chi connectivity index (χ2n) is 8.37. The van der Waals surface area contributed by atoms with Crippen LogP contribution in [0.25, 0.3) is 0 Å². The molecule has 0 aliphatic carbocycles. The molecular formula is C22H31N3O3. The highest BCUT2D eigenvalue weighted by Crippen LogP contribution is 2.46. The summed E-state index contributed by atoms with van der Waals surface area (Å²) in [6.45, 7) is 5.19. The van der Waals surface area contributed by atoms with Crippen LogP contribution in [0.5, 0.6) is 5.75 Å². The number of nitrogens with one attached hydrogen (secondary N) is 1. The Morgan fingerprint density at radius 2 is 1.86 bits per heavy atom. The summed E-state index contributed by atoms with van der Waals surface area (Å²) in [4.78, 5) is 28.9. The van der Waals surface area contributed by atoms with Crippen LogP contribution in [0.15, 0.2) is 24.3 Å². The highest BCUT2D eigenvalue weighted by molar-refractivity contribution is 5.77. The van der Waals surface area contributed by atoms with Crippen molar-refractivity contribution >= 4 is 11.8 Å². The molecule has 3 unspecified atom stereocenters. The van der Waals surface area contributed by atoms with E-state index in [4.69, 9.17) is 4.74 Å². The SMILES string of the molecule is COc1ccc(C2CN(C(=O)CCCNC(C)=O)C3C4CCN(CC4)C23)cc1. The molecule has 0 spiro atoms. The smallest absolute Gasteiger partial charge is 0.222 e. The fourth-order valence-electron chi connectivity index (χ4n) is 5.50. The monoisotopic (exact) mass is 385 g/mol. The van der Waals surface area contributed by atoms with E-state index in [-0.39, 0.29) is 11.8 Å². The number of carbonyl (C=O) groups excluding carboxylic acids is 2. The number of nitrogens with zero attached hydrogens (tertiary/aromatic N) is 2. The number of likely N-dealkylation sites (tertiary alicyclic amines) is 1. The highest BCUT2D eigenvalue weighted by Gasteiger charge is 2.54. The first kappa shape index (κ1) is 19.2. The number of amides is 2. The van der Waals surface area contributed by atoms with Gasteiger partial charge in [0.15, 0.2) is 0 Å². The Morgan fingerprint density at radius 1 is 1.14 bits per heavy atom. The summed E-state index contributed by atoms with van der Waals surface area (Å²) in [7, 11) is 1.69. The van der Waals surface area contributed by atoms with E-state index in [1.165, 1.54) is 25.3 Å². The van der Waals surface area contributed by atoms with Crippen LogP contribution in [0.3, 0.4) is 0 Å². The maximum atomic E-state index is 13.1. The molecule has 4 heterocycles. The van der Waals surface area contributed by atoms with Crippen molar-refractivity contribution in [3.63, 3.8) is 0 Å². The van der Waals surface area contributed by atoms with Crippen molar-refractivity contribution < 1.29 is 14.3 Å². The molecule has 6 nitrogen and oxygen atoms in total. The Morgan fingerprint density at radius 3 is 2.50 bits per heavy atom. The topological polar surface area (TPSA) is 61.9 Å². The van der Waals surface area contributed by atoms with Crippen LogP contribution < -0.4 is 10.1 Å². The second-order valence-corrected chi connectivity index (χ2v) is 8.37. The Balaban J connectivity index is 1.51. The number of ether oxygens (including phenoxy) is 1. The molecule has 0 aromatic heterocycles. The Bertz CT molecular complexity index is 712. The van der Waals surface area contributed by atoms with Crippen LogP contribution in [-0.4, -0.2) is 67.0 Å². The number of hydrogen-bond donors (Lipinski definition) is 1. The molecule has 0 radical (unpaired) electrons. The fraction of sp³-hybridized carbons (Fsp3) is 0.636. The lowest BCUT2D eigenvalue weighted by molar-refractivity contribution is -0.136. The van der Waals surface area contributed by atoms with Gasteiger partial charge in [-0.25, -0.2) is 0 Å². The number of piperidine rings is 3. The molecule has 152 valence electrons. The van der Waals surface area contributed by atoms with Crippen LogP contribution in [0.4, 0.5) is 0 Å². The summed E-state index contributed by atoms with van der Waals surface area (Å²) in [5.74, 6) is 2.06. The quantitative estimate of drug-likeness (QED) is 0.761. The number of rotatable bonds is 6. The zero-order valence-corrected chi connectivity index (χ0v) is 16.9. The van der Waals surface area contributed by atoms with Crippen LogP contribution in [0.2, 0.25) is 0 Å². The van der Waals surface area contributed by atoms with Gasteiger partial charge in [0.05, 0.1) is 13.2 Å². The van der Waals surface area contributed by atoms with Crippen molar-refractivity contribution in [1.82, 2.24) is 15.1 Å². The number of carbonyl (C=O) groups is 2. The molecule has 1 aromatic rings. The molecule has 4 aliphatic rings. The zero-order chi connectivity index (χ0) is 19.7. The summed E-state index contributed by atoms with van der Waals surface area (Å²) in [6, 6.07) is 9.14. The molecule has 28 heavy (non-hydrogen) atoms. The van der Waals surface area contributed by atoms with Gasteiger partial charge in [-0.15, -0.1) is 0 Å². The summed E-state index contributed by atoms with van der Waals surface area (Å²) in [6.07, 6.45) is 3.61. The van der Waals surface area contributed by atoms with Crippen molar-refractivity contribution in [1.29, 1.82) is 0 Å². The Hall–Kier alpha value is -2.08. The number of methoxy groups -OCH3 is 1. The average molecular weight is 386 g/mol. The summed E-state index contributed by atoms with van der Waals surface area (Å²) >= 11 is 0. The largest absolute Gasteiger partial charge is 0.497 e. The normalized spacial score (nSPS) is 30.8. The summed E-state index contributed by atoms with van der Waals surface area (Å²) in [5.41, 5.74) is 1.30. The number of benzene rings is 1. The first-order chi connectivity index (χ1) is 13.6. The molecule has 1 N–H and O–H groups in total. The Kier molecular flexibility index (Phi) is 5.58. The molecule has 2 bridgehead atoms. The van der Waals surface area contributed by atoms with Gasteiger partial charge >= 0.3 is 0 Å². The van der Waals surface area contributed by atoms with Gasteiger partial charge in [-0.05, 0) is 56.0 Å². The predicted octanol–water partition coefficient (Wildman–Crippen LogP) is 2.00. The second kappa shape index (κ2) is 8.11. The lowest BCUT2D eigenvalue weighted by Crippen LogP contribution is -2.60. The third-order valence-electron chi connectivity index (χ3n) is 6.80. The van der Waals surface area contributed by atoms with E-state index in [1.807, 2.05) is 12.1 Å². The molecule has 4 fully saturated rings. The van der Waals surface area contributed by atoms with Gasteiger partial charge in [0, 0.05) is 38.4 Å². The third-order valence-corrected chi connectivity index (χ3v) is 6.80. The van der Waals surface area contributed by atoms with Gasteiger partial charge in [-0.1, -0.05) is 12.1 Å². The minimum atomic E-state index is -0.0364. The van der Waals surface area contributed by atoms with Crippen molar-refractivity contribution in [3.8, 4) is 5.75 Å². The molecule has 5 rings (SSSR count). The standard InChI is InChI=1S/C22H31N3O3/c1-15(26)23-11-3-4-20(27)25-14-19(16-5-7-18(28-2)8-6-16)22-21(25)17-9-12-24(22)13-10-17/h5-8,17,19,21-22H,3-4,9-14H2,1-2H3,(H,23,26). The van der Waals surface area contributed by atoms with Gasteiger partial charge in [0.1, 0.15) is 5.75 Å². The van der Waals surface area contributed by atoms with Crippen LogP contribution in [-0.2, 0) is 9.59 Å². The van der Waals surface area contributed by atoms with E-state index in [2.05, 4.69) is 27.2 Å². The van der Waals surface area contributed by atoms with Crippen LogP contribution in [0, 0.1) is 5.92 Å². The minimum Gasteiger partial charge on any atom is -0.497 e. The van der Waals surface area contributed by atoms with E-state index in [1.54, 1.807) is 7.11 Å². The minimum absolute atomic E-state index is 0.0364. The third kappa shape index (κ3) is 3.62. The van der Waals surface area contributed by atoms with Crippen LogP contribution >= 0.6 is 0 Å². The molecule has 6 heteroatoms. The van der Waals surface area contributed by atoms with Gasteiger partial charge < -0.3 is 15.0 Å². The fourth-order valence-corrected chi connectivity index (χ4v) is 5.50. The van der Waals surface area contributed by atoms with Gasteiger partial charge in [0.2, 0.25) is 11.8 Å². The maximum absolute atomic E-state index is 13.1.